The van der Waals surface area contributed by atoms with Gasteiger partial charge in [-0.3, -0.25) is 9.59 Å². The second-order valence-corrected chi connectivity index (χ2v) is 5.10. The summed E-state index contributed by atoms with van der Waals surface area (Å²) in [6, 6.07) is 0. The fourth-order valence-corrected chi connectivity index (χ4v) is 2.45. The molecule has 2 aliphatic rings. The van der Waals surface area contributed by atoms with Crippen molar-refractivity contribution in [3.8, 4) is 0 Å². The lowest BCUT2D eigenvalue weighted by molar-refractivity contribution is -0.134. The minimum Gasteiger partial charge on any atom is -0.378 e. The summed E-state index contributed by atoms with van der Waals surface area (Å²) >= 11 is 0. The Morgan fingerprint density at radius 1 is 1.26 bits per heavy atom. The molecule has 0 aliphatic carbocycles. The fourth-order valence-electron chi connectivity index (χ4n) is 2.45. The van der Waals surface area contributed by atoms with Gasteiger partial charge in [-0.05, 0) is 19.3 Å². The highest BCUT2D eigenvalue weighted by molar-refractivity contribution is 5.85. The standard InChI is InChI=1S/C13H23N3O3/c17-12(9-11-3-1-2-8-19-11)15-10-13(18)16-6-4-14-5-7-16/h11,14H,1-10H2,(H,15,17). The van der Waals surface area contributed by atoms with Crippen LogP contribution in [0, 0.1) is 0 Å². The van der Waals surface area contributed by atoms with Crippen molar-refractivity contribution >= 4 is 11.8 Å². The molecule has 0 aromatic carbocycles. The minimum absolute atomic E-state index is 0.000544. The van der Waals surface area contributed by atoms with Gasteiger partial charge in [0.1, 0.15) is 0 Å². The van der Waals surface area contributed by atoms with Gasteiger partial charge in [-0.15, -0.1) is 0 Å². The molecular weight excluding hydrogens is 246 g/mol. The number of carbonyl (C=O) groups excluding carboxylic acids is 2. The van der Waals surface area contributed by atoms with Crippen LogP contribution in [-0.4, -0.2) is 62.1 Å². The van der Waals surface area contributed by atoms with Crippen LogP contribution in [0.4, 0.5) is 0 Å². The molecule has 2 amide bonds. The Hall–Kier alpha value is -1.14. The molecule has 0 saturated carbocycles. The normalized spacial score (nSPS) is 24.0. The van der Waals surface area contributed by atoms with Crippen LogP contribution in [-0.2, 0) is 14.3 Å². The zero-order valence-corrected chi connectivity index (χ0v) is 11.3. The van der Waals surface area contributed by atoms with E-state index in [0.29, 0.717) is 6.42 Å². The second-order valence-electron chi connectivity index (χ2n) is 5.10. The van der Waals surface area contributed by atoms with Gasteiger partial charge in [-0.2, -0.15) is 0 Å². The average Bonchev–Trinajstić information content (AvgIpc) is 2.47. The molecule has 6 nitrogen and oxygen atoms in total. The van der Waals surface area contributed by atoms with E-state index in [1.165, 1.54) is 0 Å². The summed E-state index contributed by atoms with van der Waals surface area (Å²) in [4.78, 5) is 25.4. The molecule has 1 atom stereocenters. The third kappa shape index (κ3) is 4.80. The summed E-state index contributed by atoms with van der Waals surface area (Å²) in [5.74, 6) is -0.0882. The number of carbonyl (C=O) groups is 2. The van der Waals surface area contributed by atoms with E-state index in [1.807, 2.05) is 0 Å². The topological polar surface area (TPSA) is 70.7 Å². The smallest absolute Gasteiger partial charge is 0.242 e. The van der Waals surface area contributed by atoms with E-state index < -0.39 is 0 Å². The summed E-state index contributed by atoms with van der Waals surface area (Å²) in [5.41, 5.74) is 0. The number of hydrogen-bond donors (Lipinski definition) is 2. The maximum Gasteiger partial charge on any atom is 0.242 e. The van der Waals surface area contributed by atoms with Crippen molar-refractivity contribution < 1.29 is 14.3 Å². The Kier molecular flexibility index (Phi) is 5.60. The molecule has 108 valence electrons. The largest absolute Gasteiger partial charge is 0.378 e. The van der Waals surface area contributed by atoms with E-state index in [9.17, 15) is 9.59 Å². The molecule has 2 N–H and O–H groups in total. The van der Waals surface area contributed by atoms with Crippen molar-refractivity contribution in [3.05, 3.63) is 0 Å². The van der Waals surface area contributed by atoms with Crippen LogP contribution < -0.4 is 10.6 Å². The highest BCUT2D eigenvalue weighted by Crippen LogP contribution is 2.15. The molecule has 0 aromatic rings. The maximum atomic E-state index is 11.8. The van der Waals surface area contributed by atoms with Crippen LogP contribution in [0.5, 0.6) is 0 Å². The van der Waals surface area contributed by atoms with E-state index >= 15 is 0 Å². The lowest BCUT2D eigenvalue weighted by Crippen LogP contribution is -2.49. The fraction of sp³-hybridized carbons (Fsp3) is 0.846. The maximum absolute atomic E-state index is 11.8. The lowest BCUT2D eigenvalue weighted by atomic mass is 10.1. The van der Waals surface area contributed by atoms with Gasteiger partial charge in [0.05, 0.1) is 19.1 Å². The SMILES string of the molecule is O=C(CC1CCCCO1)NCC(=O)N1CCNCC1. The molecule has 2 aliphatic heterocycles. The van der Waals surface area contributed by atoms with E-state index in [1.54, 1.807) is 4.90 Å². The highest BCUT2D eigenvalue weighted by Gasteiger charge is 2.20. The van der Waals surface area contributed by atoms with Crippen molar-refractivity contribution in [1.82, 2.24) is 15.5 Å². The zero-order valence-electron chi connectivity index (χ0n) is 11.3. The predicted molar refractivity (Wildman–Crippen MR) is 70.7 cm³/mol. The van der Waals surface area contributed by atoms with Gasteiger partial charge in [-0.25, -0.2) is 0 Å². The third-order valence-corrected chi connectivity index (χ3v) is 3.59. The van der Waals surface area contributed by atoms with Crippen LogP contribution in [0.2, 0.25) is 0 Å². The van der Waals surface area contributed by atoms with Crippen molar-refractivity contribution in [3.63, 3.8) is 0 Å². The van der Waals surface area contributed by atoms with Crippen LogP contribution in [0.3, 0.4) is 0 Å². The van der Waals surface area contributed by atoms with Gasteiger partial charge in [0.25, 0.3) is 0 Å². The van der Waals surface area contributed by atoms with Crippen LogP contribution in [0.25, 0.3) is 0 Å². The monoisotopic (exact) mass is 269 g/mol. The summed E-state index contributed by atoms with van der Waals surface area (Å²) in [6.07, 6.45) is 3.55. The average molecular weight is 269 g/mol. The van der Waals surface area contributed by atoms with E-state index in [4.69, 9.17) is 4.74 Å². The molecule has 1 unspecified atom stereocenters. The molecule has 2 rings (SSSR count). The molecule has 2 heterocycles. The van der Waals surface area contributed by atoms with Crippen LogP contribution in [0.1, 0.15) is 25.7 Å². The van der Waals surface area contributed by atoms with Crippen molar-refractivity contribution in [2.45, 2.75) is 31.8 Å². The van der Waals surface area contributed by atoms with Crippen molar-refractivity contribution in [2.24, 2.45) is 0 Å². The van der Waals surface area contributed by atoms with Crippen molar-refractivity contribution in [2.75, 3.05) is 39.3 Å². The van der Waals surface area contributed by atoms with Crippen LogP contribution in [0.15, 0.2) is 0 Å². The Labute approximate surface area is 113 Å². The Morgan fingerprint density at radius 3 is 2.74 bits per heavy atom. The molecule has 0 spiro atoms. The first-order chi connectivity index (χ1) is 9.25. The quantitative estimate of drug-likeness (QED) is 0.721. The van der Waals surface area contributed by atoms with Gasteiger partial charge in [-0.1, -0.05) is 0 Å². The first-order valence-electron chi connectivity index (χ1n) is 7.12. The Bertz CT molecular complexity index is 310. The van der Waals surface area contributed by atoms with Crippen LogP contribution >= 0.6 is 0 Å². The molecule has 6 heteroatoms. The Balaban J connectivity index is 1.63. The zero-order chi connectivity index (χ0) is 13.5. The molecule has 2 saturated heterocycles. The summed E-state index contributed by atoms with van der Waals surface area (Å²) in [7, 11) is 0. The lowest BCUT2D eigenvalue weighted by Gasteiger charge is -2.27. The first-order valence-corrected chi connectivity index (χ1v) is 7.12. The number of rotatable bonds is 4. The third-order valence-electron chi connectivity index (χ3n) is 3.59. The summed E-state index contributed by atoms with van der Waals surface area (Å²) in [6.45, 7) is 3.95. The van der Waals surface area contributed by atoms with Gasteiger partial charge < -0.3 is 20.3 Å². The number of ether oxygens (including phenoxy) is 1. The van der Waals surface area contributed by atoms with Gasteiger partial charge in [0.2, 0.25) is 11.8 Å². The second kappa shape index (κ2) is 7.45. The van der Waals surface area contributed by atoms with E-state index in [-0.39, 0.29) is 24.5 Å². The molecule has 0 aromatic heterocycles. The molecule has 0 bridgehead atoms. The Morgan fingerprint density at radius 2 is 2.05 bits per heavy atom. The summed E-state index contributed by atoms with van der Waals surface area (Å²) in [5, 5.41) is 5.89. The van der Waals surface area contributed by atoms with E-state index in [0.717, 1.165) is 52.0 Å². The minimum atomic E-state index is -0.0876. The van der Waals surface area contributed by atoms with Gasteiger partial charge in [0.15, 0.2) is 0 Å². The number of nitrogens with zero attached hydrogens (tertiary/aromatic N) is 1. The molecule has 2 fully saturated rings. The number of amides is 2. The van der Waals surface area contributed by atoms with Crippen molar-refractivity contribution in [1.29, 1.82) is 0 Å². The number of piperazine rings is 1. The number of nitrogens with one attached hydrogen (secondary N) is 2. The predicted octanol–water partition coefficient (Wildman–Crippen LogP) is -0.506. The first kappa shape index (κ1) is 14.3. The van der Waals surface area contributed by atoms with E-state index in [2.05, 4.69) is 10.6 Å². The molecule has 19 heavy (non-hydrogen) atoms. The van der Waals surface area contributed by atoms with Gasteiger partial charge in [0, 0.05) is 32.8 Å². The summed E-state index contributed by atoms with van der Waals surface area (Å²) < 4.78 is 5.51. The molecular formula is C13H23N3O3. The van der Waals surface area contributed by atoms with Gasteiger partial charge >= 0.3 is 0 Å². The number of hydrogen-bond acceptors (Lipinski definition) is 4. The highest BCUT2D eigenvalue weighted by atomic mass is 16.5. The molecule has 0 radical (unpaired) electrons.